The van der Waals surface area contributed by atoms with E-state index in [-0.39, 0.29) is 11.0 Å². The maximum absolute atomic E-state index is 12.2. The Morgan fingerprint density at radius 2 is 1.89 bits per heavy atom. The van der Waals surface area contributed by atoms with E-state index in [4.69, 9.17) is 9.47 Å². The summed E-state index contributed by atoms with van der Waals surface area (Å²) in [5, 5.41) is -0.130. The summed E-state index contributed by atoms with van der Waals surface area (Å²) in [5.74, 6) is 1.22. The third kappa shape index (κ3) is 1.82. The summed E-state index contributed by atoms with van der Waals surface area (Å²) in [7, 11) is -1.14. The number of carbonyl (C=O) groups excluding carboxylic acids is 1. The number of ketones is 1. The topological polar surface area (TPSA) is 52.6 Å². The van der Waals surface area contributed by atoms with Crippen LogP contribution in [0.25, 0.3) is 0 Å². The molecule has 2 unspecified atom stereocenters. The van der Waals surface area contributed by atoms with Crippen LogP contribution in [-0.2, 0) is 10.8 Å². The Hall–Kier alpha value is -1.36. The minimum absolute atomic E-state index is 0.0350. The molecule has 0 bridgehead atoms. The van der Waals surface area contributed by atoms with Crippen molar-refractivity contribution in [2.75, 3.05) is 13.2 Å². The number of carbonyl (C=O) groups is 1. The van der Waals surface area contributed by atoms with Crippen molar-refractivity contribution in [1.29, 1.82) is 0 Å². The van der Waals surface area contributed by atoms with Crippen molar-refractivity contribution >= 4 is 16.6 Å². The van der Waals surface area contributed by atoms with E-state index in [0.717, 1.165) is 6.42 Å². The Morgan fingerprint density at radius 3 is 2.61 bits per heavy atom. The lowest BCUT2D eigenvalue weighted by Gasteiger charge is -2.21. The number of rotatable bonds is 0. The largest absolute Gasteiger partial charge is 0.490 e. The molecule has 96 valence electrons. The van der Waals surface area contributed by atoms with Gasteiger partial charge in [-0.25, -0.2) is 0 Å². The highest BCUT2D eigenvalue weighted by Gasteiger charge is 2.30. The quantitative estimate of drug-likeness (QED) is 0.720. The monoisotopic (exact) mass is 266 g/mol. The molecule has 1 aromatic rings. The lowest BCUT2D eigenvalue weighted by molar-refractivity contribution is 0.0976. The summed E-state index contributed by atoms with van der Waals surface area (Å²) in [6, 6.07) is 3.39. The van der Waals surface area contributed by atoms with Crippen LogP contribution < -0.4 is 9.47 Å². The summed E-state index contributed by atoms with van der Waals surface area (Å²) in [5.41, 5.74) is 0.524. The zero-order chi connectivity index (χ0) is 12.7. The first kappa shape index (κ1) is 11.7. The van der Waals surface area contributed by atoms with E-state index < -0.39 is 10.8 Å². The minimum atomic E-state index is -1.14. The van der Waals surface area contributed by atoms with Gasteiger partial charge in [-0.1, -0.05) is 6.92 Å². The number of fused-ring (bicyclic) bond motifs is 2. The molecule has 0 amide bonds. The molecule has 0 aromatic heterocycles. The molecule has 0 aliphatic carbocycles. The molecule has 0 fully saturated rings. The Balaban J connectivity index is 2.14. The molecule has 0 radical (unpaired) electrons. The fraction of sp³-hybridized carbons (Fsp3) is 0.462. The first-order valence-corrected chi connectivity index (χ1v) is 7.25. The van der Waals surface area contributed by atoms with Crippen LogP contribution in [0.15, 0.2) is 17.0 Å². The molecular weight excluding hydrogens is 252 g/mol. The van der Waals surface area contributed by atoms with Crippen LogP contribution >= 0.6 is 0 Å². The molecule has 0 N–H and O–H groups in total. The Kier molecular flexibility index (Phi) is 2.86. The zero-order valence-electron chi connectivity index (χ0n) is 10.1. The predicted octanol–water partition coefficient (Wildman–Crippen LogP) is 1.93. The summed E-state index contributed by atoms with van der Waals surface area (Å²) in [6.07, 6.45) is 1.14. The second-order valence-corrected chi connectivity index (χ2v) is 6.42. The van der Waals surface area contributed by atoms with Gasteiger partial charge in [0, 0.05) is 29.7 Å². The molecule has 5 heteroatoms. The summed E-state index contributed by atoms with van der Waals surface area (Å²) in [4.78, 5) is 12.6. The number of hydrogen-bond acceptors (Lipinski definition) is 4. The Morgan fingerprint density at radius 1 is 1.22 bits per heavy atom. The summed E-state index contributed by atoms with van der Waals surface area (Å²) in [6.45, 7) is 3.00. The van der Waals surface area contributed by atoms with Gasteiger partial charge in [0.05, 0.1) is 28.9 Å². The van der Waals surface area contributed by atoms with E-state index >= 15 is 0 Å². The number of hydrogen-bond donors (Lipinski definition) is 0. The lowest BCUT2D eigenvalue weighted by atomic mass is 10.1. The van der Waals surface area contributed by atoms with E-state index in [9.17, 15) is 9.00 Å². The van der Waals surface area contributed by atoms with Crippen molar-refractivity contribution in [1.82, 2.24) is 0 Å². The highest BCUT2D eigenvalue weighted by molar-refractivity contribution is 7.86. The maximum Gasteiger partial charge on any atom is 0.165 e. The van der Waals surface area contributed by atoms with E-state index in [1.807, 2.05) is 6.92 Å². The highest BCUT2D eigenvalue weighted by Crippen LogP contribution is 2.37. The molecule has 0 saturated carbocycles. The average molecular weight is 266 g/mol. The van der Waals surface area contributed by atoms with E-state index in [1.54, 1.807) is 12.1 Å². The molecule has 2 atom stereocenters. The molecular formula is C13H14O4S. The molecule has 4 nitrogen and oxygen atoms in total. The third-order valence-corrected chi connectivity index (χ3v) is 4.87. The van der Waals surface area contributed by atoms with Crippen molar-refractivity contribution < 1.29 is 18.5 Å². The molecule has 0 saturated heterocycles. The number of Topliss-reactive ketones (excluding diaryl/α,β-unsaturated/α-hetero) is 1. The number of benzene rings is 1. The fourth-order valence-electron chi connectivity index (χ4n) is 2.24. The molecule has 0 spiro atoms. The summed E-state index contributed by atoms with van der Waals surface area (Å²) < 4.78 is 23.3. The summed E-state index contributed by atoms with van der Waals surface area (Å²) >= 11 is 0. The van der Waals surface area contributed by atoms with Gasteiger partial charge < -0.3 is 9.47 Å². The molecule has 3 rings (SSSR count). The van der Waals surface area contributed by atoms with Gasteiger partial charge in [0.25, 0.3) is 0 Å². The highest BCUT2D eigenvalue weighted by atomic mass is 32.2. The van der Waals surface area contributed by atoms with E-state index in [2.05, 4.69) is 0 Å². The first-order valence-electron chi connectivity index (χ1n) is 6.04. The number of ether oxygens (including phenoxy) is 2. The SMILES string of the molecule is CC1CC(=O)c2cc3c(cc2S1=O)OCCCO3. The minimum Gasteiger partial charge on any atom is -0.490 e. The zero-order valence-corrected chi connectivity index (χ0v) is 10.9. The van der Waals surface area contributed by atoms with Crippen molar-refractivity contribution in [3.63, 3.8) is 0 Å². The van der Waals surface area contributed by atoms with Gasteiger partial charge in [0.15, 0.2) is 17.3 Å². The van der Waals surface area contributed by atoms with Crippen molar-refractivity contribution in [2.45, 2.75) is 29.9 Å². The van der Waals surface area contributed by atoms with Crippen LogP contribution in [0.2, 0.25) is 0 Å². The van der Waals surface area contributed by atoms with Crippen molar-refractivity contribution in [3.8, 4) is 11.5 Å². The van der Waals surface area contributed by atoms with Crippen LogP contribution in [0, 0.1) is 0 Å². The second-order valence-electron chi connectivity index (χ2n) is 4.58. The standard InChI is InChI=1S/C13H14O4S/c1-8-5-10(14)9-6-11-12(7-13(9)18(8)15)17-4-2-3-16-11/h6-8H,2-5H2,1H3. The van der Waals surface area contributed by atoms with Crippen molar-refractivity contribution in [3.05, 3.63) is 17.7 Å². The molecule has 2 heterocycles. The lowest BCUT2D eigenvalue weighted by Crippen LogP contribution is -2.24. The molecule has 18 heavy (non-hydrogen) atoms. The van der Waals surface area contributed by atoms with Crippen LogP contribution in [-0.4, -0.2) is 28.5 Å². The maximum atomic E-state index is 12.2. The van der Waals surface area contributed by atoms with Crippen molar-refractivity contribution in [2.24, 2.45) is 0 Å². The average Bonchev–Trinajstić information content (AvgIpc) is 2.59. The molecule has 2 aliphatic heterocycles. The van der Waals surface area contributed by atoms with Gasteiger partial charge >= 0.3 is 0 Å². The van der Waals surface area contributed by atoms with E-state index in [0.29, 0.717) is 41.6 Å². The molecule has 2 aliphatic rings. The van der Waals surface area contributed by atoms with Gasteiger partial charge in [-0.3, -0.25) is 9.00 Å². The normalized spacial score (nSPS) is 26.4. The third-order valence-electron chi connectivity index (χ3n) is 3.21. The first-order chi connectivity index (χ1) is 8.66. The van der Waals surface area contributed by atoms with Crippen LogP contribution in [0.1, 0.15) is 30.1 Å². The van der Waals surface area contributed by atoms with Crippen LogP contribution in [0.4, 0.5) is 0 Å². The van der Waals surface area contributed by atoms with Gasteiger partial charge in [-0.2, -0.15) is 0 Å². The van der Waals surface area contributed by atoms with Gasteiger partial charge in [0.2, 0.25) is 0 Å². The second kappa shape index (κ2) is 4.39. The molecule has 1 aromatic carbocycles. The predicted molar refractivity (Wildman–Crippen MR) is 66.9 cm³/mol. The van der Waals surface area contributed by atoms with E-state index in [1.165, 1.54) is 0 Å². The Labute approximate surface area is 108 Å². The Bertz CT molecular complexity index is 538. The van der Waals surface area contributed by atoms with Gasteiger partial charge in [0.1, 0.15) is 0 Å². The smallest absolute Gasteiger partial charge is 0.165 e. The fourth-order valence-corrected chi connectivity index (χ4v) is 3.59. The van der Waals surface area contributed by atoms with Crippen LogP contribution in [0.5, 0.6) is 11.5 Å². The van der Waals surface area contributed by atoms with Gasteiger partial charge in [-0.15, -0.1) is 0 Å². The van der Waals surface area contributed by atoms with Gasteiger partial charge in [-0.05, 0) is 6.07 Å². The van der Waals surface area contributed by atoms with Crippen LogP contribution in [0.3, 0.4) is 0 Å².